The molecule has 0 bridgehead atoms. The summed E-state index contributed by atoms with van der Waals surface area (Å²) in [7, 11) is 0. The van der Waals surface area contributed by atoms with Gasteiger partial charge in [-0.25, -0.2) is 0 Å². The molecule has 0 unspecified atom stereocenters. The third-order valence-electron chi connectivity index (χ3n) is 4.01. The molecule has 4 nitrogen and oxygen atoms in total. The zero-order valence-corrected chi connectivity index (χ0v) is 13.7. The van der Waals surface area contributed by atoms with Crippen LogP contribution in [0.1, 0.15) is 40.0 Å². The number of piperidine rings is 1. The summed E-state index contributed by atoms with van der Waals surface area (Å²) in [6.45, 7) is 14.1. The normalized spacial score (nSPS) is 18.0. The number of nitrogens with zero attached hydrogens (tertiary/aromatic N) is 1. The number of hydrogen-bond donors (Lipinski definition) is 1. The van der Waals surface area contributed by atoms with Crippen molar-refractivity contribution in [2.45, 2.75) is 46.1 Å². The van der Waals surface area contributed by atoms with Gasteiger partial charge in [0.15, 0.2) is 0 Å². The first-order valence-corrected chi connectivity index (χ1v) is 8.33. The highest BCUT2D eigenvalue weighted by atomic mass is 16.5. The Morgan fingerprint density at radius 3 is 2.30 bits per heavy atom. The summed E-state index contributed by atoms with van der Waals surface area (Å²) < 4.78 is 11.1. The molecule has 0 amide bonds. The molecule has 1 aliphatic rings. The van der Waals surface area contributed by atoms with Crippen LogP contribution in [-0.4, -0.2) is 63.5 Å². The molecule has 120 valence electrons. The number of ether oxygens (including phenoxy) is 2. The van der Waals surface area contributed by atoms with Crippen LogP contribution in [-0.2, 0) is 9.47 Å². The van der Waals surface area contributed by atoms with Crippen molar-refractivity contribution >= 4 is 0 Å². The number of nitrogens with one attached hydrogen (secondary N) is 1. The first kappa shape index (κ1) is 17.9. The minimum absolute atomic E-state index is 0.534. The number of likely N-dealkylation sites (tertiary alicyclic amines) is 1. The first-order valence-electron chi connectivity index (χ1n) is 8.33. The largest absolute Gasteiger partial charge is 0.378 e. The van der Waals surface area contributed by atoms with Crippen LogP contribution < -0.4 is 5.32 Å². The minimum Gasteiger partial charge on any atom is -0.378 e. The Labute approximate surface area is 125 Å². The second-order valence-corrected chi connectivity index (χ2v) is 6.03. The van der Waals surface area contributed by atoms with Gasteiger partial charge in [0.05, 0.1) is 26.4 Å². The predicted octanol–water partition coefficient (Wildman–Crippen LogP) is 2.14. The summed E-state index contributed by atoms with van der Waals surface area (Å²) in [4.78, 5) is 2.53. The lowest BCUT2D eigenvalue weighted by Gasteiger charge is -2.31. The lowest BCUT2D eigenvalue weighted by Crippen LogP contribution is -2.36. The molecule has 1 N–H and O–H groups in total. The summed E-state index contributed by atoms with van der Waals surface area (Å²) in [5, 5.41) is 3.33. The fraction of sp³-hybridized carbons (Fsp3) is 1.00. The van der Waals surface area contributed by atoms with Gasteiger partial charge in [-0.3, -0.25) is 0 Å². The lowest BCUT2D eigenvalue weighted by molar-refractivity contribution is 0.0351. The number of rotatable bonds is 11. The topological polar surface area (TPSA) is 33.7 Å². The van der Waals surface area contributed by atoms with Crippen LogP contribution in [0.3, 0.4) is 0 Å². The van der Waals surface area contributed by atoms with Crippen molar-refractivity contribution in [2.75, 3.05) is 52.6 Å². The van der Waals surface area contributed by atoms with Gasteiger partial charge in [0, 0.05) is 19.1 Å². The fourth-order valence-corrected chi connectivity index (χ4v) is 2.55. The van der Waals surface area contributed by atoms with Crippen LogP contribution in [0.2, 0.25) is 0 Å². The molecule has 0 spiro atoms. The van der Waals surface area contributed by atoms with Gasteiger partial charge in [-0.05, 0) is 31.8 Å². The van der Waals surface area contributed by atoms with E-state index in [4.69, 9.17) is 9.47 Å². The highest BCUT2D eigenvalue weighted by Gasteiger charge is 2.16. The van der Waals surface area contributed by atoms with Gasteiger partial charge in [0.2, 0.25) is 0 Å². The van der Waals surface area contributed by atoms with Crippen LogP contribution in [0.5, 0.6) is 0 Å². The van der Waals surface area contributed by atoms with E-state index < -0.39 is 0 Å². The molecular weight excluding hydrogens is 252 g/mol. The SMILES string of the molecule is CCC1CCN(CCOCCOCCNC(C)C)CC1. The van der Waals surface area contributed by atoms with Crippen molar-refractivity contribution in [3.63, 3.8) is 0 Å². The number of hydrogen-bond acceptors (Lipinski definition) is 4. The van der Waals surface area contributed by atoms with Crippen LogP contribution in [0.4, 0.5) is 0 Å². The van der Waals surface area contributed by atoms with Crippen LogP contribution >= 0.6 is 0 Å². The Balaban J connectivity index is 1.81. The lowest BCUT2D eigenvalue weighted by atomic mass is 9.94. The highest BCUT2D eigenvalue weighted by molar-refractivity contribution is 4.70. The van der Waals surface area contributed by atoms with E-state index >= 15 is 0 Å². The maximum Gasteiger partial charge on any atom is 0.0701 e. The van der Waals surface area contributed by atoms with Gasteiger partial charge >= 0.3 is 0 Å². The molecule has 0 atom stereocenters. The quantitative estimate of drug-likeness (QED) is 0.590. The first-order chi connectivity index (χ1) is 9.72. The van der Waals surface area contributed by atoms with E-state index in [-0.39, 0.29) is 0 Å². The maximum absolute atomic E-state index is 5.63. The van der Waals surface area contributed by atoms with Gasteiger partial charge in [0.1, 0.15) is 0 Å². The molecule has 1 saturated heterocycles. The Bertz CT molecular complexity index is 217. The van der Waals surface area contributed by atoms with E-state index in [2.05, 4.69) is 31.0 Å². The molecule has 0 radical (unpaired) electrons. The van der Waals surface area contributed by atoms with Gasteiger partial charge in [-0.15, -0.1) is 0 Å². The van der Waals surface area contributed by atoms with E-state index in [0.717, 1.165) is 32.2 Å². The molecule has 1 fully saturated rings. The molecule has 0 aromatic heterocycles. The summed E-state index contributed by atoms with van der Waals surface area (Å²) in [6.07, 6.45) is 4.07. The monoisotopic (exact) mass is 286 g/mol. The fourth-order valence-electron chi connectivity index (χ4n) is 2.55. The summed E-state index contributed by atoms with van der Waals surface area (Å²) in [5.74, 6) is 0.958. The smallest absolute Gasteiger partial charge is 0.0701 e. The molecule has 0 aliphatic carbocycles. The molecule has 1 aliphatic heterocycles. The summed E-state index contributed by atoms with van der Waals surface area (Å²) in [5.41, 5.74) is 0. The summed E-state index contributed by atoms with van der Waals surface area (Å²) >= 11 is 0. The van der Waals surface area contributed by atoms with E-state index in [9.17, 15) is 0 Å². The van der Waals surface area contributed by atoms with Crippen LogP contribution in [0, 0.1) is 5.92 Å². The molecule has 1 rings (SSSR count). The van der Waals surface area contributed by atoms with Crippen molar-refractivity contribution in [2.24, 2.45) is 5.92 Å². The molecule has 0 saturated carbocycles. The Kier molecular flexibility index (Phi) is 10.3. The van der Waals surface area contributed by atoms with Crippen LogP contribution in [0.25, 0.3) is 0 Å². The minimum atomic E-state index is 0.534. The van der Waals surface area contributed by atoms with Crippen molar-refractivity contribution in [3.05, 3.63) is 0 Å². The summed E-state index contributed by atoms with van der Waals surface area (Å²) in [6, 6.07) is 0.534. The average molecular weight is 286 g/mol. The zero-order valence-electron chi connectivity index (χ0n) is 13.7. The molecule has 0 aromatic rings. The molecule has 20 heavy (non-hydrogen) atoms. The third kappa shape index (κ3) is 8.90. The molecular formula is C16H34N2O2. The predicted molar refractivity (Wildman–Crippen MR) is 84.2 cm³/mol. The van der Waals surface area contributed by atoms with Gasteiger partial charge < -0.3 is 19.7 Å². The standard InChI is InChI=1S/C16H34N2O2/c1-4-16-5-8-18(9-6-16)10-12-20-14-13-19-11-7-17-15(2)3/h15-17H,4-14H2,1-3H3. The van der Waals surface area contributed by atoms with Crippen molar-refractivity contribution in [1.29, 1.82) is 0 Å². The van der Waals surface area contributed by atoms with Crippen molar-refractivity contribution in [3.8, 4) is 0 Å². The van der Waals surface area contributed by atoms with Crippen LogP contribution in [0.15, 0.2) is 0 Å². The van der Waals surface area contributed by atoms with E-state index in [1.165, 1.54) is 32.4 Å². The highest BCUT2D eigenvalue weighted by Crippen LogP contribution is 2.19. The van der Waals surface area contributed by atoms with E-state index in [0.29, 0.717) is 19.3 Å². The molecule has 4 heteroatoms. The van der Waals surface area contributed by atoms with Crippen molar-refractivity contribution in [1.82, 2.24) is 10.2 Å². The van der Waals surface area contributed by atoms with Gasteiger partial charge in [-0.1, -0.05) is 27.2 Å². The second-order valence-electron chi connectivity index (χ2n) is 6.03. The van der Waals surface area contributed by atoms with Crippen molar-refractivity contribution < 1.29 is 9.47 Å². The zero-order chi connectivity index (χ0) is 14.6. The molecule has 1 heterocycles. The van der Waals surface area contributed by atoms with E-state index in [1.54, 1.807) is 0 Å². The average Bonchev–Trinajstić information content (AvgIpc) is 2.46. The Hall–Kier alpha value is -0.160. The molecule has 0 aromatic carbocycles. The second kappa shape index (κ2) is 11.5. The van der Waals surface area contributed by atoms with E-state index in [1.807, 2.05) is 0 Å². The van der Waals surface area contributed by atoms with Gasteiger partial charge in [0.25, 0.3) is 0 Å². The third-order valence-corrected chi connectivity index (χ3v) is 4.01. The van der Waals surface area contributed by atoms with Gasteiger partial charge in [-0.2, -0.15) is 0 Å². The Morgan fingerprint density at radius 2 is 1.70 bits per heavy atom. The maximum atomic E-state index is 5.63. The Morgan fingerprint density at radius 1 is 1.05 bits per heavy atom.